The molecule has 0 unspecified atom stereocenters. The summed E-state index contributed by atoms with van der Waals surface area (Å²) in [6, 6.07) is 7.93. The molecular weight excluding hydrogens is 290 g/mol. The van der Waals surface area contributed by atoms with Crippen molar-refractivity contribution in [2.75, 3.05) is 0 Å². The number of benzene rings is 2. The summed E-state index contributed by atoms with van der Waals surface area (Å²) in [7, 11) is 0. The van der Waals surface area contributed by atoms with Gasteiger partial charge < -0.3 is 4.98 Å². The van der Waals surface area contributed by atoms with Gasteiger partial charge in [-0.05, 0) is 25.1 Å². The van der Waals surface area contributed by atoms with Gasteiger partial charge in [0.2, 0.25) is 0 Å². The molecule has 1 aliphatic rings. The van der Waals surface area contributed by atoms with Gasteiger partial charge in [-0.3, -0.25) is 19.9 Å². The van der Waals surface area contributed by atoms with Crippen LogP contribution in [0.4, 0.5) is 0 Å². The number of H-pyrrole nitrogens is 1. The van der Waals surface area contributed by atoms with Gasteiger partial charge in [-0.15, -0.1) is 0 Å². The fourth-order valence-electron chi connectivity index (χ4n) is 3.53. The number of aromatic nitrogens is 2. The molecule has 3 heterocycles. The van der Waals surface area contributed by atoms with E-state index in [0.717, 1.165) is 32.8 Å². The molecule has 0 bridgehead atoms. The Hall–Kier alpha value is -3.21. The normalized spacial score (nSPS) is 14.0. The van der Waals surface area contributed by atoms with Crippen molar-refractivity contribution in [3.63, 3.8) is 0 Å². The number of aromatic amines is 1. The van der Waals surface area contributed by atoms with Crippen molar-refractivity contribution < 1.29 is 9.59 Å². The maximum Gasteiger partial charge on any atom is 0.259 e. The van der Waals surface area contributed by atoms with Crippen LogP contribution < -0.4 is 5.32 Å². The number of amides is 2. The highest BCUT2D eigenvalue weighted by molar-refractivity contribution is 6.36. The van der Waals surface area contributed by atoms with Crippen molar-refractivity contribution in [3.05, 3.63) is 53.3 Å². The summed E-state index contributed by atoms with van der Waals surface area (Å²) in [6.45, 7) is 2.01. The maximum atomic E-state index is 12.4. The number of nitrogens with one attached hydrogen (secondary N) is 2. The third-order valence-corrected chi connectivity index (χ3v) is 4.50. The molecule has 23 heavy (non-hydrogen) atoms. The van der Waals surface area contributed by atoms with Crippen LogP contribution in [0.25, 0.3) is 32.6 Å². The lowest BCUT2D eigenvalue weighted by Crippen LogP contribution is -2.20. The Bertz CT molecular complexity index is 1190. The molecule has 1 aliphatic heterocycles. The molecule has 0 fully saturated rings. The fraction of sp³-hybridized carbons (Fsp3) is 0.0556. The molecule has 4 aromatic rings. The third-order valence-electron chi connectivity index (χ3n) is 4.50. The van der Waals surface area contributed by atoms with Gasteiger partial charge in [0, 0.05) is 39.5 Å². The van der Waals surface area contributed by atoms with Crippen LogP contribution in [0.15, 0.2) is 36.7 Å². The van der Waals surface area contributed by atoms with Crippen LogP contribution >= 0.6 is 0 Å². The second kappa shape index (κ2) is 3.95. The molecule has 5 heteroatoms. The number of nitrogens with zero attached hydrogens (tertiary/aromatic N) is 1. The number of carbonyl (C=O) groups excluding carboxylic acids is 2. The Morgan fingerprint density at radius 2 is 1.78 bits per heavy atom. The molecule has 2 N–H and O–H groups in total. The van der Waals surface area contributed by atoms with E-state index in [1.807, 2.05) is 31.2 Å². The summed E-state index contributed by atoms with van der Waals surface area (Å²) in [6.07, 6.45) is 3.34. The first kappa shape index (κ1) is 12.3. The van der Waals surface area contributed by atoms with Crippen LogP contribution in [0.3, 0.4) is 0 Å². The van der Waals surface area contributed by atoms with E-state index in [4.69, 9.17) is 0 Å². The number of imide groups is 1. The minimum atomic E-state index is -0.355. The molecule has 2 amide bonds. The third kappa shape index (κ3) is 1.43. The van der Waals surface area contributed by atoms with Gasteiger partial charge in [0.25, 0.3) is 11.8 Å². The van der Waals surface area contributed by atoms with Crippen molar-refractivity contribution in [1.82, 2.24) is 15.3 Å². The zero-order valence-corrected chi connectivity index (χ0v) is 12.2. The Morgan fingerprint density at radius 3 is 2.65 bits per heavy atom. The van der Waals surface area contributed by atoms with Gasteiger partial charge in [0.1, 0.15) is 0 Å². The first-order valence-corrected chi connectivity index (χ1v) is 7.32. The Balaban J connectivity index is 2.18. The molecular formula is C18H11N3O2. The lowest BCUT2D eigenvalue weighted by molar-refractivity contribution is 0.0880. The average Bonchev–Trinajstić information content (AvgIpc) is 3.05. The van der Waals surface area contributed by atoms with Crippen molar-refractivity contribution in [1.29, 1.82) is 0 Å². The molecule has 0 atom stereocenters. The minimum absolute atomic E-state index is 0.344. The zero-order chi connectivity index (χ0) is 15.7. The fourth-order valence-corrected chi connectivity index (χ4v) is 3.53. The number of hydrogen-bond acceptors (Lipinski definition) is 3. The molecule has 0 radical (unpaired) electrons. The number of hydrogen-bond donors (Lipinski definition) is 2. The monoisotopic (exact) mass is 301 g/mol. The Kier molecular flexibility index (Phi) is 2.12. The highest BCUT2D eigenvalue weighted by Crippen LogP contribution is 2.38. The Labute approximate surface area is 130 Å². The highest BCUT2D eigenvalue weighted by Gasteiger charge is 2.33. The Morgan fingerprint density at radius 1 is 0.957 bits per heavy atom. The van der Waals surface area contributed by atoms with Crippen molar-refractivity contribution >= 4 is 44.4 Å². The van der Waals surface area contributed by atoms with E-state index in [0.29, 0.717) is 16.5 Å². The SMILES string of the molecule is Cc1ccc2[nH]c3c4ccncc4c4c(c3c2c1)C(=O)NC4=O. The molecule has 0 saturated carbocycles. The van der Waals surface area contributed by atoms with Gasteiger partial charge in [0.15, 0.2) is 0 Å². The topological polar surface area (TPSA) is 74.8 Å². The largest absolute Gasteiger partial charge is 0.354 e. The van der Waals surface area contributed by atoms with E-state index in [-0.39, 0.29) is 11.8 Å². The predicted molar refractivity (Wildman–Crippen MR) is 87.6 cm³/mol. The van der Waals surface area contributed by atoms with Crippen LogP contribution in [0.2, 0.25) is 0 Å². The molecule has 5 nitrogen and oxygen atoms in total. The van der Waals surface area contributed by atoms with E-state index in [9.17, 15) is 9.59 Å². The van der Waals surface area contributed by atoms with Gasteiger partial charge in [0.05, 0.1) is 16.6 Å². The summed E-state index contributed by atoms with van der Waals surface area (Å²) in [4.78, 5) is 32.2. The molecule has 110 valence electrons. The van der Waals surface area contributed by atoms with E-state index in [2.05, 4.69) is 15.3 Å². The van der Waals surface area contributed by atoms with Crippen molar-refractivity contribution in [2.24, 2.45) is 0 Å². The first-order chi connectivity index (χ1) is 11.1. The number of fused-ring (bicyclic) bond motifs is 8. The summed E-state index contributed by atoms with van der Waals surface area (Å²) >= 11 is 0. The molecule has 0 aliphatic carbocycles. The molecule has 0 saturated heterocycles. The minimum Gasteiger partial charge on any atom is -0.354 e. The highest BCUT2D eigenvalue weighted by atomic mass is 16.2. The van der Waals surface area contributed by atoms with Crippen molar-refractivity contribution in [3.8, 4) is 0 Å². The van der Waals surface area contributed by atoms with Crippen LogP contribution in [0.5, 0.6) is 0 Å². The predicted octanol–water partition coefficient (Wildman–Crippen LogP) is 3.06. The molecule has 2 aromatic carbocycles. The molecule has 0 spiro atoms. The maximum absolute atomic E-state index is 12.4. The summed E-state index contributed by atoms with van der Waals surface area (Å²) in [5, 5.41) is 5.77. The summed E-state index contributed by atoms with van der Waals surface area (Å²) in [5.74, 6) is -0.699. The number of pyridine rings is 1. The molecule has 5 rings (SSSR count). The first-order valence-electron chi connectivity index (χ1n) is 7.32. The van der Waals surface area contributed by atoms with Gasteiger partial charge >= 0.3 is 0 Å². The van der Waals surface area contributed by atoms with Gasteiger partial charge in [-0.25, -0.2) is 0 Å². The van der Waals surface area contributed by atoms with Crippen LogP contribution in [0, 0.1) is 6.92 Å². The van der Waals surface area contributed by atoms with Crippen LogP contribution in [-0.2, 0) is 0 Å². The lowest BCUT2D eigenvalue weighted by Gasteiger charge is -2.05. The van der Waals surface area contributed by atoms with E-state index in [1.165, 1.54) is 0 Å². The van der Waals surface area contributed by atoms with Crippen molar-refractivity contribution in [2.45, 2.75) is 6.92 Å². The number of aryl methyl sites for hydroxylation is 1. The number of carbonyl (C=O) groups is 2. The zero-order valence-electron chi connectivity index (χ0n) is 12.2. The van der Waals surface area contributed by atoms with Crippen LogP contribution in [0.1, 0.15) is 26.3 Å². The van der Waals surface area contributed by atoms with E-state index >= 15 is 0 Å². The second-order valence-corrected chi connectivity index (χ2v) is 5.88. The second-order valence-electron chi connectivity index (χ2n) is 5.88. The van der Waals surface area contributed by atoms with Gasteiger partial charge in [-0.1, -0.05) is 11.6 Å². The number of rotatable bonds is 0. The lowest BCUT2D eigenvalue weighted by atomic mass is 9.96. The molecule has 2 aromatic heterocycles. The smallest absolute Gasteiger partial charge is 0.259 e. The van der Waals surface area contributed by atoms with Crippen LogP contribution in [-0.4, -0.2) is 21.8 Å². The summed E-state index contributed by atoms with van der Waals surface area (Å²) in [5.41, 5.74) is 3.79. The quantitative estimate of drug-likeness (QED) is 0.490. The average molecular weight is 301 g/mol. The van der Waals surface area contributed by atoms with E-state index < -0.39 is 0 Å². The van der Waals surface area contributed by atoms with Gasteiger partial charge in [-0.2, -0.15) is 0 Å². The summed E-state index contributed by atoms with van der Waals surface area (Å²) < 4.78 is 0. The standard InChI is InChI=1S/C18H11N3O2/c1-8-2-3-12-10(6-8)13-15-14(17(22)21-18(15)23)11-7-19-5-4-9(11)16(13)20-12/h2-7,20H,1H3,(H,21,22,23). The van der Waals surface area contributed by atoms with E-state index in [1.54, 1.807) is 12.4 Å².